The van der Waals surface area contributed by atoms with Gasteiger partial charge >= 0.3 is 0 Å². The highest BCUT2D eigenvalue weighted by Crippen LogP contribution is 2.56. The number of unbranched alkanes of at least 4 members (excludes halogenated alkanes) is 7. The number of Topliss-reactive ketones (excluding diaryl/α,β-unsaturated/α-hetero) is 1. The molecule has 3 aromatic carbocycles. The average molecular weight is 714 g/mol. The molecule has 2 heteroatoms. The highest BCUT2D eigenvalue weighted by atomic mass is 31.2. The van der Waals surface area contributed by atoms with Gasteiger partial charge in [0.25, 0.3) is 0 Å². The molecule has 0 spiro atoms. The van der Waals surface area contributed by atoms with Crippen molar-refractivity contribution in [2.24, 2.45) is 0 Å². The largest absolute Gasteiger partial charge is 0.288 e. The molecule has 0 atom stereocenters. The molecule has 0 aliphatic heterocycles. The maximum absolute atomic E-state index is 13.6. The van der Waals surface area contributed by atoms with Crippen LogP contribution in [0.15, 0.2) is 126 Å². The van der Waals surface area contributed by atoms with Gasteiger partial charge in [-0.15, -0.1) is 6.42 Å². The molecule has 0 heterocycles. The first-order valence-corrected chi connectivity index (χ1v) is 20.2. The third kappa shape index (κ3) is 12.0. The average Bonchev–Trinajstić information content (AvgIpc) is 3.21. The van der Waals surface area contributed by atoms with E-state index < -0.39 is 7.26 Å². The van der Waals surface area contributed by atoms with E-state index >= 15 is 0 Å². The van der Waals surface area contributed by atoms with Gasteiger partial charge in [-0.2, -0.15) is 0 Å². The van der Waals surface area contributed by atoms with Gasteiger partial charge in [0.1, 0.15) is 23.2 Å². The Kier molecular flexibility index (Phi) is 17.2. The predicted octanol–water partition coefficient (Wildman–Crippen LogP) is 8.53. The fraction of sp³-hybridized carbons (Fsp3) is 0.212. The lowest BCUT2D eigenvalue weighted by atomic mass is 9.85. The van der Waals surface area contributed by atoms with Gasteiger partial charge in [0.05, 0.1) is 17.3 Å². The summed E-state index contributed by atoms with van der Waals surface area (Å²) in [5, 5.41) is 4.35. The normalized spacial score (nSPS) is 11.2. The zero-order chi connectivity index (χ0) is 38.1. The Balaban J connectivity index is 1.30. The molecule has 0 N–H and O–H groups in total. The molecule has 0 radical (unpaired) electrons. The molecular weight excluding hydrogens is 672 g/mol. The molecule has 3 aromatic rings. The van der Waals surface area contributed by atoms with Crippen LogP contribution >= 0.6 is 7.26 Å². The van der Waals surface area contributed by atoms with Crippen LogP contribution in [-0.4, -0.2) is 11.9 Å². The van der Waals surface area contributed by atoms with Crippen molar-refractivity contribution in [1.82, 2.24) is 0 Å². The van der Waals surface area contributed by atoms with E-state index in [9.17, 15) is 4.79 Å². The lowest BCUT2D eigenvalue weighted by Crippen LogP contribution is -2.33. The van der Waals surface area contributed by atoms with Crippen molar-refractivity contribution in [3.05, 3.63) is 126 Å². The highest BCUT2D eigenvalue weighted by molar-refractivity contribution is 7.95. The Morgan fingerprint density at radius 3 is 1.46 bits per heavy atom. The second-order valence-corrected chi connectivity index (χ2v) is 16.0. The summed E-state index contributed by atoms with van der Waals surface area (Å²) in [6.45, 7) is 5.87. The summed E-state index contributed by atoms with van der Waals surface area (Å²) in [5.74, 6) is 39.3. The fourth-order valence-electron chi connectivity index (χ4n) is 6.34. The molecule has 54 heavy (non-hydrogen) atoms. The zero-order valence-corrected chi connectivity index (χ0v) is 31.8. The first-order valence-electron chi connectivity index (χ1n) is 18.2. The van der Waals surface area contributed by atoms with Crippen LogP contribution < -0.4 is 15.9 Å². The SMILES string of the molecule is C#CC#CC#CC#CC1=C(C#CC#CC#CC#CC)C(=C)C=C(CCCCCCCCCC[P+](c2ccccc2)(c2ccccc2)c2ccccc2)C1=O. The molecule has 260 valence electrons. The fourth-order valence-corrected chi connectivity index (χ4v) is 10.8. The van der Waals surface area contributed by atoms with Crippen LogP contribution in [0.3, 0.4) is 0 Å². The Labute approximate surface area is 324 Å². The number of hydrogen-bond donors (Lipinski definition) is 0. The van der Waals surface area contributed by atoms with Crippen molar-refractivity contribution in [2.45, 2.75) is 64.7 Å². The van der Waals surface area contributed by atoms with E-state index in [0.717, 1.165) is 25.4 Å². The van der Waals surface area contributed by atoms with Gasteiger partial charge in [-0.25, -0.2) is 0 Å². The van der Waals surface area contributed by atoms with Crippen LogP contribution in [0.1, 0.15) is 64.7 Å². The number of allylic oxidation sites excluding steroid dienone is 5. The van der Waals surface area contributed by atoms with Gasteiger partial charge in [-0.3, -0.25) is 4.79 Å². The summed E-state index contributed by atoms with van der Waals surface area (Å²) < 4.78 is 0. The van der Waals surface area contributed by atoms with Crippen LogP contribution in [0, 0.1) is 95.2 Å². The number of carbonyl (C=O) groups is 1. The van der Waals surface area contributed by atoms with E-state index in [1.165, 1.54) is 48.0 Å². The van der Waals surface area contributed by atoms with E-state index in [0.29, 0.717) is 23.1 Å². The van der Waals surface area contributed by atoms with Gasteiger partial charge in [0.15, 0.2) is 5.78 Å². The molecule has 1 nitrogen and oxygen atoms in total. The van der Waals surface area contributed by atoms with Crippen LogP contribution in [0.5, 0.6) is 0 Å². The minimum Gasteiger partial charge on any atom is -0.288 e. The van der Waals surface area contributed by atoms with Gasteiger partial charge < -0.3 is 0 Å². The summed E-state index contributed by atoms with van der Waals surface area (Å²) in [5.41, 5.74) is 2.03. The van der Waals surface area contributed by atoms with Gasteiger partial charge in [-0.1, -0.05) is 105 Å². The lowest BCUT2D eigenvalue weighted by Gasteiger charge is -2.27. The monoisotopic (exact) mass is 713 g/mol. The quantitative estimate of drug-likeness (QED) is 0.0931. The van der Waals surface area contributed by atoms with E-state index in [1.54, 1.807) is 6.92 Å². The summed E-state index contributed by atoms with van der Waals surface area (Å²) in [7, 11) is -1.77. The molecule has 0 bridgehead atoms. The lowest BCUT2D eigenvalue weighted by molar-refractivity contribution is -0.112. The minimum absolute atomic E-state index is 0.151. The molecule has 0 amide bonds. The van der Waals surface area contributed by atoms with Gasteiger partial charge in [0.2, 0.25) is 0 Å². The molecule has 0 fully saturated rings. The molecule has 0 aromatic heterocycles. The second kappa shape index (κ2) is 23.1. The molecule has 4 rings (SSSR count). The highest BCUT2D eigenvalue weighted by Gasteiger charge is 2.44. The number of benzene rings is 3. The van der Waals surface area contributed by atoms with Crippen molar-refractivity contribution in [3.63, 3.8) is 0 Å². The molecule has 0 saturated carbocycles. The van der Waals surface area contributed by atoms with E-state index in [1.807, 2.05) is 6.08 Å². The third-order valence-corrected chi connectivity index (χ3v) is 13.4. The third-order valence-electron chi connectivity index (χ3n) is 8.85. The zero-order valence-electron chi connectivity index (χ0n) is 30.9. The molecule has 1 aliphatic carbocycles. The molecular formula is C52H42OP+. The molecule has 1 aliphatic rings. The second-order valence-electron chi connectivity index (χ2n) is 12.4. The van der Waals surface area contributed by atoms with Crippen LogP contribution in [-0.2, 0) is 4.79 Å². The number of terminal acetylenes is 1. The van der Waals surface area contributed by atoms with Crippen molar-refractivity contribution in [2.75, 3.05) is 6.16 Å². The topological polar surface area (TPSA) is 17.1 Å². The molecule has 0 unspecified atom stereocenters. The smallest absolute Gasteiger partial charge is 0.198 e. The van der Waals surface area contributed by atoms with Crippen LogP contribution in [0.4, 0.5) is 0 Å². The van der Waals surface area contributed by atoms with E-state index in [-0.39, 0.29) is 11.4 Å². The standard InChI is InChI=1S/C52H42OP/c1-4-6-8-10-14-19-31-41-50-45(3)44-46(52(53)51(50)42-32-18-11-9-7-5-2)34-24-17-15-12-13-16-20-33-43-54(47-35-25-21-26-36-47,48-37-27-22-28-38-48)49-39-29-23-30-40-49/h2,21-23,25-30,35-40,44H,3,12-13,15-17,20,24,33-34,43H2,1H3/q+1. The Bertz CT molecular complexity index is 2260. The number of ketones is 1. The Hall–Kier alpha value is -6.54. The van der Waals surface area contributed by atoms with Crippen molar-refractivity contribution >= 4 is 29.0 Å². The number of rotatable bonds is 14. The van der Waals surface area contributed by atoms with Crippen molar-refractivity contribution < 1.29 is 4.79 Å². The maximum Gasteiger partial charge on any atom is 0.198 e. The number of hydrogen-bond acceptors (Lipinski definition) is 1. The van der Waals surface area contributed by atoms with Crippen LogP contribution in [0.2, 0.25) is 0 Å². The van der Waals surface area contributed by atoms with Crippen molar-refractivity contribution in [1.29, 1.82) is 0 Å². The Morgan fingerprint density at radius 1 is 0.537 bits per heavy atom. The molecule has 0 saturated heterocycles. The van der Waals surface area contributed by atoms with Crippen molar-refractivity contribution in [3.8, 4) is 95.2 Å². The summed E-state index contributed by atoms with van der Waals surface area (Å²) in [4.78, 5) is 13.6. The Morgan fingerprint density at radius 2 is 0.963 bits per heavy atom. The van der Waals surface area contributed by atoms with Gasteiger partial charge in [-0.05, 0) is 158 Å². The first-order chi connectivity index (χ1) is 26.6. The van der Waals surface area contributed by atoms with Crippen LogP contribution in [0.25, 0.3) is 0 Å². The first kappa shape index (κ1) is 40.2. The summed E-state index contributed by atoms with van der Waals surface area (Å²) in [6.07, 6.45) is 17.9. The van der Waals surface area contributed by atoms with E-state index in [2.05, 4.69) is 186 Å². The van der Waals surface area contributed by atoms with Gasteiger partial charge in [0, 0.05) is 5.57 Å². The predicted molar refractivity (Wildman–Crippen MR) is 230 cm³/mol. The van der Waals surface area contributed by atoms with E-state index in [4.69, 9.17) is 6.42 Å². The minimum atomic E-state index is -1.77. The number of carbonyl (C=O) groups excluding carboxylic acids is 1. The summed E-state index contributed by atoms with van der Waals surface area (Å²) in [6, 6.07) is 33.4. The maximum atomic E-state index is 13.6. The summed E-state index contributed by atoms with van der Waals surface area (Å²) >= 11 is 0.